The van der Waals surface area contributed by atoms with E-state index in [9.17, 15) is 14.4 Å². The van der Waals surface area contributed by atoms with Gasteiger partial charge in [-0.05, 0) is 26.7 Å². The Morgan fingerprint density at radius 1 is 1.04 bits per heavy atom. The Labute approximate surface area is 171 Å². The van der Waals surface area contributed by atoms with Gasteiger partial charge in [0.2, 0.25) is 0 Å². The summed E-state index contributed by atoms with van der Waals surface area (Å²) in [7, 11) is 0. The average molecular weight is 410 g/mol. The van der Waals surface area contributed by atoms with Gasteiger partial charge in [0.05, 0.1) is 19.0 Å². The molecule has 2 atom stereocenters. The highest BCUT2D eigenvalue weighted by Crippen LogP contribution is 2.21. The summed E-state index contributed by atoms with van der Waals surface area (Å²) in [5.41, 5.74) is 0.661. The number of hydrogen-bond donors (Lipinski definition) is 1. The predicted molar refractivity (Wildman–Crippen MR) is 112 cm³/mol. The van der Waals surface area contributed by atoms with E-state index in [1.807, 2.05) is 25.1 Å². The number of thioether (sulfide) groups is 1. The third-order valence-electron chi connectivity index (χ3n) is 4.11. The lowest BCUT2D eigenvalue weighted by atomic mass is 10.1. The highest BCUT2D eigenvalue weighted by Gasteiger charge is 2.24. The zero-order chi connectivity index (χ0) is 20.8. The van der Waals surface area contributed by atoms with Crippen molar-refractivity contribution < 1.29 is 23.9 Å². The number of hydrogen-bond acceptors (Lipinski definition) is 7. The molecule has 156 valence electrons. The zero-order valence-corrected chi connectivity index (χ0v) is 17.8. The van der Waals surface area contributed by atoms with Crippen molar-refractivity contribution in [1.82, 2.24) is 5.32 Å². The second-order valence-electron chi connectivity index (χ2n) is 6.18. The lowest BCUT2D eigenvalue weighted by Crippen LogP contribution is -2.41. The third kappa shape index (κ3) is 9.37. The van der Waals surface area contributed by atoms with Crippen molar-refractivity contribution in [2.75, 3.05) is 25.5 Å². The number of benzene rings is 1. The number of Topliss-reactive ketones (excluding diaryl/α,β-unsaturated/α-hetero) is 1. The number of esters is 2. The van der Waals surface area contributed by atoms with Crippen LogP contribution in [0.3, 0.4) is 0 Å². The summed E-state index contributed by atoms with van der Waals surface area (Å²) in [6.07, 6.45) is 1.64. The lowest BCUT2D eigenvalue weighted by Gasteiger charge is -2.22. The molecule has 0 aliphatic rings. The first-order chi connectivity index (χ1) is 13.5. The van der Waals surface area contributed by atoms with Gasteiger partial charge in [0.25, 0.3) is 0 Å². The highest BCUT2D eigenvalue weighted by atomic mass is 32.2. The van der Waals surface area contributed by atoms with Crippen molar-refractivity contribution >= 4 is 29.5 Å². The molecule has 1 rings (SSSR count). The molecule has 0 heterocycles. The lowest BCUT2D eigenvalue weighted by molar-refractivity contribution is -0.145. The first-order valence-electron chi connectivity index (χ1n) is 9.77. The van der Waals surface area contributed by atoms with Crippen LogP contribution in [-0.2, 0) is 19.1 Å². The summed E-state index contributed by atoms with van der Waals surface area (Å²) in [6, 6.07) is 8.58. The van der Waals surface area contributed by atoms with Crippen molar-refractivity contribution in [2.24, 2.45) is 0 Å². The first kappa shape index (κ1) is 24.2. The Bertz CT molecular complexity index is 608. The van der Waals surface area contributed by atoms with Crippen molar-refractivity contribution in [3.8, 4) is 0 Å². The summed E-state index contributed by atoms with van der Waals surface area (Å²) in [4.78, 5) is 36.1. The van der Waals surface area contributed by atoms with Gasteiger partial charge in [-0.2, -0.15) is 0 Å². The van der Waals surface area contributed by atoms with Crippen LogP contribution in [0.15, 0.2) is 30.3 Å². The van der Waals surface area contributed by atoms with Crippen molar-refractivity contribution in [3.63, 3.8) is 0 Å². The number of ether oxygens (including phenoxy) is 2. The first-order valence-corrected chi connectivity index (χ1v) is 10.8. The molecule has 0 saturated carbocycles. The van der Waals surface area contributed by atoms with Crippen LogP contribution in [0.2, 0.25) is 0 Å². The molecule has 0 saturated heterocycles. The van der Waals surface area contributed by atoms with Gasteiger partial charge < -0.3 is 14.8 Å². The fraction of sp³-hybridized carbons (Fsp3) is 0.571. The van der Waals surface area contributed by atoms with Gasteiger partial charge in [-0.1, -0.05) is 37.3 Å². The van der Waals surface area contributed by atoms with Gasteiger partial charge in [-0.25, -0.2) is 0 Å². The minimum absolute atomic E-state index is 0.0273. The number of carbonyl (C=O) groups excluding carboxylic acids is 3. The van der Waals surface area contributed by atoms with Crippen LogP contribution in [0.1, 0.15) is 50.4 Å². The van der Waals surface area contributed by atoms with Crippen LogP contribution >= 0.6 is 11.8 Å². The van der Waals surface area contributed by atoms with Gasteiger partial charge in [0.15, 0.2) is 5.78 Å². The molecule has 28 heavy (non-hydrogen) atoms. The summed E-state index contributed by atoms with van der Waals surface area (Å²) in [5.74, 6) is -0.293. The standard InChI is InChI=1S/C21H31NO5S/c1-4-17(28-15-20(24)26-5-2)14-18(21(25)27-6-3)22-13-12-19(23)16-10-8-7-9-11-16/h7-11,17-18,22H,4-6,12-15H2,1-3H3. The molecule has 0 aliphatic carbocycles. The Hall–Kier alpha value is -1.86. The molecule has 1 aromatic rings. The smallest absolute Gasteiger partial charge is 0.323 e. The Balaban J connectivity index is 2.57. The third-order valence-corrected chi connectivity index (χ3v) is 5.51. The van der Waals surface area contributed by atoms with Crippen molar-refractivity contribution in [2.45, 2.75) is 51.3 Å². The van der Waals surface area contributed by atoms with E-state index in [0.717, 1.165) is 6.42 Å². The predicted octanol–water partition coefficient (Wildman–Crippen LogP) is 3.25. The van der Waals surface area contributed by atoms with Crippen LogP contribution in [0.4, 0.5) is 0 Å². The Morgan fingerprint density at radius 3 is 2.32 bits per heavy atom. The van der Waals surface area contributed by atoms with Crippen LogP contribution < -0.4 is 5.32 Å². The topological polar surface area (TPSA) is 81.7 Å². The number of nitrogens with one attached hydrogen (secondary N) is 1. The Kier molecular flexibility index (Phi) is 12.2. The van der Waals surface area contributed by atoms with Crippen molar-refractivity contribution in [1.29, 1.82) is 0 Å². The summed E-state index contributed by atoms with van der Waals surface area (Å²) in [5, 5.41) is 3.27. The molecular weight excluding hydrogens is 378 g/mol. The van der Waals surface area contributed by atoms with Crippen LogP contribution in [0, 0.1) is 0 Å². The van der Waals surface area contributed by atoms with Crippen LogP contribution in [0.25, 0.3) is 0 Å². The number of carbonyl (C=O) groups is 3. The van der Waals surface area contributed by atoms with Crippen LogP contribution in [-0.4, -0.2) is 54.5 Å². The van der Waals surface area contributed by atoms with E-state index in [0.29, 0.717) is 38.2 Å². The monoisotopic (exact) mass is 409 g/mol. The maximum atomic E-state index is 12.3. The van der Waals surface area contributed by atoms with E-state index in [2.05, 4.69) is 5.32 Å². The molecule has 0 bridgehead atoms. The minimum Gasteiger partial charge on any atom is -0.465 e. The van der Waals surface area contributed by atoms with E-state index >= 15 is 0 Å². The quantitative estimate of drug-likeness (QED) is 0.373. The van der Waals surface area contributed by atoms with Crippen molar-refractivity contribution in [3.05, 3.63) is 35.9 Å². The van der Waals surface area contributed by atoms with E-state index in [-0.39, 0.29) is 28.7 Å². The van der Waals surface area contributed by atoms with E-state index in [1.54, 1.807) is 26.0 Å². The zero-order valence-electron chi connectivity index (χ0n) is 16.9. The molecule has 6 nitrogen and oxygen atoms in total. The molecule has 0 amide bonds. The molecule has 0 spiro atoms. The number of rotatable bonds is 14. The van der Waals surface area contributed by atoms with E-state index < -0.39 is 6.04 Å². The van der Waals surface area contributed by atoms with Gasteiger partial charge in [-0.15, -0.1) is 11.8 Å². The second kappa shape index (κ2) is 14.2. The van der Waals surface area contributed by atoms with Crippen LogP contribution in [0.5, 0.6) is 0 Å². The molecule has 7 heteroatoms. The minimum atomic E-state index is -0.511. The van der Waals surface area contributed by atoms with Gasteiger partial charge in [0, 0.05) is 23.8 Å². The summed E-state index contributed by atoms with van der Waals surface area (Å²) in [6.45, 7) is 6.60. The van der Waals surface area contributed by atoms with E-state index in [4.69, 9.17) is 9.47 Å². The maximum Gasteiger partial charge on any atom is 0.323 e. The highest BCUT2D eigenvalue weighted by molar-refractivity contribution is 8.00. The molecule has 1 aromatic carbocycles. The average Bonchev–Trinajstić information content (AvgIpc) is 2.70. The molecule has 0 radical (unpaired) electrons. The molecule has 0 aliphatic heterocycles. The maximum absolute atomic E-state index is 12.3. The normalized spacial score (nSPS) is 12.8. The summed E-state index contributed by atoms with van der Waals surface area (Å²) >= 11 is 1.48. The molecule has 0 aromatic heterocycles. The SMILES string of the molecule is CCOC(=O)CSC(CC)CC(NCCC(=O)c1ccccc1)C(=O)OCC. The fourth-order valence-electron chi connectivity index (χ4n) is 2.64. The number of ketones is 1. The molecule has 0 fully saturated rings. The molecule has 1 N–H and O–H groups in total. The summed E-state index contributed by atoms with van der Waals surface area (Å²) < 4.78 is 10.1. The largest absolute Gasteiger partial charge is 0.465 e. The molecular formula is C21H31NO5S. The molecule has 2 unspecified atom stereocenters. The Morgan fingerprint density at radius 2 is 1.71 bits per heavy atom. The van der Waals surface area contributed by atoms with Gasteiger partial charge in [-0.3, -0.25) is 14.4 Å². The second-order valence-corrected chi connectivity index (χ2v) is 7.47. The van der Waals surface area contributed by atoms with Gasteiger partial charge in [0.1, 0.15) is 6.04 Å². The fourth-order valence-corrected chi connectivity index (χ4v) is 3.66. The van der Waals surface area contributed by atoms with E-state index in [1.165, 1.54) is 11.8 Å². The van der Waals surface area contributed by atoms with Gasteiger partial charge >= 0.3 is 11.9 Å².